The van der Waals surface area contributed by atoms with E-state index < -0.39 is 18.3 Å². The monoisotopic (exact) mass is 210 g/mol. The molecular weight excluding hydrogens is 205 g/mol. The Morgan fingerprint density at radius 2 is 1.92 bits per heavy atom. The van der Waals surface area contributed by atoms with Gasteiger partial charge >= 0.3 is 0 Å². The molecule has 1 atom stereocenters. The largest absolute Gasteiger partial charge is 0.382 e. The van der Waals surface area contributed by atoms with Crippen LogP contribution in [0.25, 0.3) is 0 Å². The summed E-state index contributed by atoms with van der Waals surface area (Å²) in [5.41, 5.74) is -0.183. The molecule has 0 aliphatic carbocycles. The quantitative estimate of drug-likeness (QED) is 0.796. The zero-order valence-electron chi connectivity index (χ0n) is 6.35. The van der Waals surface area contributed by atoms with Gasteiger partial charge in [-0.2, -0.15) is 0 Å². The van der Waals surface area contributed by atoms with Crippen molar-refractivity contribution in [1.82, 2.24) is 0 Å². The second-order valence-corrected chi connectivity index (χ2v) is 2.86. The fourth-order valence-electron chi connectivity index (χ4n) is 0.842. The van der Waals surface area contributed by atoms with E-state index in [0.29, 0.717) is 0 Å². The van der Waals surface area contributed by atoms with Gasteiger partial charge in [0.15, 0.2) is 0 Å². The average molecular weight is 211 g/mol. The van der Waals surface area contributed by atoms with Crippen LogP contribution in [0.1, 0.15) is 11.7 Å². The fraction of sp³-hybridized carbons (Fsp3) is 0.250. The molecule has 0 aliphatic rings. The maximum atomic E-state index is 12.7. The molecule has 0 bridgehead atoms. The third-order valence-electron chi connectivity index (χ3n) is 1.52. The van der Waals surface area contributed by atoms with Gasteiger partial charge in [-0.15, -0.1) is 0 Å². The van der Waals surface area contributed by atoms with Gasteiger partial charge in [0.05, 0.1) is 5.02 Å². The maximum absolute atomic E-state index is 12.7. The summed E-state index contributed by atoms with van der Waals surface area (Å²) in [6, 6.07) is 3.07. The van der Waals surface area contributed by atoms with Gasteiger partial charge < -0.3 is 5.11 Å². The highest BCUT2D eigenvalue weighted by Crippen LogP contribution is 2.24. The molecule has 0 heterocycles. The molecule has 1 aromatic rings. The number of hydrogen-bond acceptors (Lipinski definition) is 1. The summed E-state index contributed by atoms with van der Waals surface area (Å²) in [7, 11) is 0. The van der Waals surface area contributed by atoms with Crippen LogP contribution in [0.2, 0.25) is 5.02 Å². The molecule has 0 spiro atoms. The standard InChI is InChI=1S/C8H6ClF3O/c9-5-2-1-4(3-6(5)10)7(13)8(11)12/h1-3,7-8,13H. The lowest BCUT2D eigenvalue weighted by atomic mass is 10.1. The molecule has 0 radical (unpaired) electrons. The predicted octanol–water partition coefficient (Wildman–Crippen LogP) is 2.78. The van der Waals surface area contributed by atoms with Crippen molar-refractivity contribution in [2.75, 3.05) is 0 Å². The van der Waals surface area contributed by atoms with Crippen molar-refractivity contribution in [3.05, 3.63) is 34.6 Å². The summed E-state index contributed by atoms with van der Waals surface area (Å²) < 4.78 is 36.6. The third-order valence-corrected chi connectivity index (χ3v) is 1.83. The fourth-order valence-corrected chi connectivity index (χ4v) is 0.959. The van der Waals surface area contributed by atoms with E-state index in [-0.39, 0.29) is 10.6 Å². The second-order valence-electron chi connectivity index (χ2n) is 2.45. The van der Waals surface area contributed by atoms with E-state index in [4.69, 9.17) is 16.7 Å². The molecule has 1 N–H and O–H groups in total. The minimum absolute atomic E-state index is 0.162. The number of rotatable bonds is 2. The number of halogens is 4. The van der Waals surface area contributed by atoms with Crippen LogP contribution in [0, 0.1) is 5.82 Å². The molecule has 1 nitrogen and oxygen atoms in total. The molecule has 72 valence electrons. The number of aliphatic hydroxyl groups is 1. The Morgan fingerprint density at radius 1 is 1.31 bits per heavy atom. The van der Waals surface area contributed by atoms with Crippen molar-refractivity contribution in [2.24, 2.45) is 0 Å². The summed E-state index contributed by atoms with van der Waals surface area (Å²) in [5.74, 6) is -0.820. The van der Waals surface area contributed by atoms with Gasteiger partial charge in [0.25, 0.3) is 6.43 Å². The van der Waals surface area contributed by atoms with Gasteiger partial charge in [-0.05, 0) is 17.7 Å². The van der Waals surface area contributed by atoms with E-state index in [1.165, 1.54) is 0 Å². The van der Waals surface area contributed by atoms with Crippen LogP contribution in [-0.4, -0.2) is 11.5 Å². The van der Waals surface area contributed by atoms with Crippen LogP contribution < -0.4 is 0 Å². The first kappa shape index (κ1) is 10.3. The minimum atomic E-state index is -2.93. The Hall–Kier alpha value is -0.740. The lowest BCUT2D eigenvalue weighted by molar-refractivity contribution is -0.00591. The summed E-state index contributed by atoms with van der Waals surface area (Å²) in [6.45, 7) is 0. The van der Waals surface area contributed by atoms with Gasteiger partial charge in [0.2, 0.25) is 0 Å². The number of hydrogen-bond donors (Lipinski definition) is 1. The number of alkyl halides is 2. The summed E-state index contributed by atoms with van der Waals surface area (Å²) in [6.07, 6.45) is -4.90. The maximum Gasteiger partial charge on any atom is 0.268 e. The zero-order valence-corrected chi connectivity index (χ0v) is 7.10. The van der Waals surface area contributed by atoms with E-state index in [0.717, 1.165) is 18.2 Å². The Morgan fingerprint density at radius 3 is 2.38 bits per heavy atom. The van der Waals surface area contributed by atoms with Gasteiger partial charge in [-0.25, -0.2) is 13.2 Å². The molecule has 0 aliphatic heterocycles. The van der Waals surface area contributed by atoms with E-state index in [9.17, 15) is 13.2 Å². The lowest BCUT2D eigenvalue weighted by Gasteiger charge is -2.09. The topological polar surface area (TPSA) is 20.2 Å². The zero-order chi connectivity index (χ0) is 10.0. The molecule has 1 rings (SSSR count). The van der Waals surface area contributed by atoms with Crippen LogP contribution in [0.3, 0.4) is 0 Å². The van der Waals surface area contributed by atoms with E-state index >= 15 is 0 Å². The van der Waals surface area contributed by atoms with E-state index in [1.54, 1.807) is 0 Å². The SMILES string of the molecule is OC(c1ccc(Cl)c(F)c1)C(F)F. The van der Waals surface area contributed by atoms with Gasteiger partial charge in [0, 0.05) is 0 Å². The number of aliphatic hydroxyl groups excluding tert-OH is 1. The van der Waals surface area contributed by atoms with Crippen LogP contribution in [0.5, 0.6) is 0 Å². The highest BCUT2D eigenvalue weighted by Gasteiger charge is 2.19. The highest BCUT2D eigenvalue weighted by molar-refractivity contribution is 6.30. The molecule has 1 unspecified atom stereocenters. The molecular formula is C8H6ClF3O. The smallest absolute Gasteiger partial charge is 0.268 e. The van der Waals surface area contributed by atoms with Gasteiger partial charge in [-0.1, -0.05) is 17.7 Å². The normalized spacial score (nSPS) is 13.4. The van der Waals surface area contributed by atoms with Crippen LogP contribution in [0.15, 0.2) is 18.2 Å². The Labute approximate surface area is 77.8 Å². The van der Waals surface area contributed by atoms with Crippen molar-refractivity contribution in [3.8, 4) is 0 Å². The molecule has 0 amide bonds. The van der Waals surface area contributed by atoms with Crippen LogP contribution >= 0.6 is 11.6 Å². The van der Waals surface area contributed by atoms with Gasteiger partial charge in [0.1, 0.15) is 11.9 Å². The highest BCUT2D eigenvalue weighted by atomic mass is 35.5. The third kappa shape index (κ3) is 2.35. The Bertz CT molecular complexity index is 303. The molecule has 0 aromatic heterocycles. The average Bonchev–Trinajstić information content (AvgIpc) is 2.08. The first-order valence-electron chi connectivity index (χ1n) is 3.43. The molecule has 5 heteroatoms. The molecule has 1 aromatic carbocycles. The number of benzene rings is 1. The van der Waals surface area contributed by atoms with Crippen molar-refractivity contribution >= 4 is 11.6 Å². The first-order chi connectivity index (χ1) is 6.02. The van der Waals surface area contributed by atoms with E-state index in [1.807, 2.05) is 0 Å². The molecule has 0 saturated carbocycles. The summed E-state index contributed by atoms with van der Waals surface area (Å²) in [4.78, 5) is 0. The molecule has 0 saturated heterocycles. The van der Waals surface area contributed by atoms with Crippen molar-refractivity contribution in [2.45, 2.75) is 12.5 Å². The minimum Gasteiger partial charge on any atom is -0.382 e. The summed E-state index contributed by atoms with van der Waals surface area (Å²) >= 11 is 5.32. The van der Waals surface area contributed by atoms with Crippen molar-refractivity contribution in [3.63, 3.8) is 0 Å². The van der Waals surface area contributed by atoms with Crippen molar-refractivity contribution < 1.29 is 18.3 Å². The van der Waals surface area contributed by atoms with E-state index in [2.05, 4.69) is 0 Å². The second kappa shape index (κ2) is 3.98. The van der Waals surface area contributed by atoms with Crippen LogP contribution in [-0.2, 0) is 0 Å². The molecule has 13 heavy (non-hydrogen) atoms. The predicted molar refractivity (Wildman–Crippen MR) is 42.4 cm³/mol. The Balaban J connectivity index is 2.97. The Kier molecular flexibility index (Phi) is 3.17. The van der Waals surface area contributed by atoms with Crippen molar-refractivity contribution in [1.29, 1.82) is 0 Å². The van der Waals surface area contributed by atoms with Gasteiger partial charge in [-0.3, -0.25) is 0 Å². The lowest BCUT2D eigenvalue weighted by Crippen LogP contribution is -2.08. The molecule has 0 fully saturated rings. The summed E-state index contributed by atoms with van der Waals surface area (Å²) in [5, 5.41) is 8.69. The first-order valence-corrected chi connectivity index (χ1v) is 3.81. The van der Waals surface area contributed by atoms with Crippen LogP contribution in [0.4, 0.5) is 13.2 Å².